The molecule has 1 N–H and O–H groups in total. The first-order valence-electron chi connectivity index (χ1n) is 6.28. The first-order valence-corrected chi connectivity index (χ1v) is 7.07. The average Bonchev–Trinajstić information content (AvgIpc) is 2.47. The van der Waals surface area contributed by atoms with Crippen LogP contribution in [0.1, 0.15) is 12.5 Å². The molecule has 1 unspecified atom stereocenters. The van der Waals surface area contributed by atoms with Crippen LogP contribution < -0.4 is 10.1 Å². The summed E-state index contributed by atoms with van der Waals surface area (Å²) < 4.78 is 20.0. The molecule has 0 aliphatic carbocycles. The molecule has 3 nitrogen and oxygen atoms in total. The van der Waals surface area contributed by atoms with Gasteiger partial charge in [-0.15, -0.1) is 0 Å². The van der Waals surface area contributed by atoms with Gasteiger partial charge in [-0.2, -0.15) is 5.26 Å². The van der Waals surface area contributed by atoms with Crippen LogP contribution in [0.25, 0.3) is 0 Å². The van der Waals surface area contributed by atoms with Crippen molar-refractivity contribution in [3.63, 3.8) is 0 Å². The highest BCUT2D eigenvalue weighted by Crippen LogP contribution is 2.33. The second kappa shape index (κ2) is 6.15. The van der Waals surface area contributed by atoms with Crippen LogP contribution in [0.4, 0.5) is 10.1 Å². The first kappa shape index (κ1) is 15.3. The molecule has 0 bridgehead atoms. The van der Waals surface area contributed by atoms with Crippen LogP contribution >= 0.6 is 15.9 Å². The molecule has 2 aromatic rings. The maximum absolute atomic E-state index is 14.2. The van der Waals surface area contributed by atoms with Crippen molar-refractivity contribution in [1.82, 2.24) is 0 Å². The van der Waals surface area contributed by atoms with Gasteiger partial charge in [0.1, 0.15) is 11.6 Å². The summed E-state index contributed by atoms with van der Waals surface area (Å²) >= 11 is 3.21. The molecular weight excluding hydrogens is 335 g/mol. The molecule has 1 atom stereocenters. The monoisotopic (exact) mass is 348 g/mol. The quantitative estimate of drug-likeness (QED) is 0.887. The standard InChI is InChI=1S/C16H14BrFN2O/c1-16(10-19,12-8-7-11(17)9-13(12)18)20-14-5-3-4-6-15(14)21-2/h3-9,20H,1-2H3. The molecule has 2 rings (SSSR count). The molecule has 0 radical (unpaired) electrons. The summed E-state index contributed by atoms with van der Waals surface area (Å²) in [5, 5.41) is 12.6. The van der Waals surface area contributed by atoms with Gasteiger partial charge in [0, 0.05) is 10.0 Å². The Morgan fingerprint density at radius 2 is 2.00 bits per heavy atom. The number of ether oxygens (including phenoxy) is 1. The van der Waals surface area contributed by atoms with Crippen LogP contribution in [0.5, 0.6) is 5.75 Å². The zero-order valence-electron chi connectivity index (χ0n) is 11.7. The van der Waals surface area contributed by atoms with Crippen molar-refractivity contribution in [2.45, 2.75) is 12.5 Å². The third-order valence-corrected chi connectivity index (χ3v) is 3.68. The predicted molar refractivity (Wildman–Crippen MR) is 83.7 cm³/mol. The Labute approximate surface area is 131 Å². The second-order valence-electron chi connectivity index (χ2n) is 4.69. The van der Waals surface area contributed by atoms with Crippen molar-refractivity contribution in [3.8, 4) is 11.8 Å². The number of halogens is 2. The number of hydrogen-bond acceptors (Lipinski definition) is 3. The van der Waals surface area contributed by atoms with Crippen LogP contribution in [0, 0.1) is 17.1 Å². The van der Waals surface area contributed by atoms with Crippen molar-refractivity contribution >= 4 is 21.6 Å². The molecule has 108 valence electrons. The van der Waals surface area contributed by atoms with E-state index in [-0.39, 0.29) is 5.56 Å². The van der Waals surface area contributed by atoms with E-state index in [4.69, 9.17) is 4.74 Å². The Morgan fingerprint density at radius 1 is 1.29 bits per heavy atom. The van der Waals surface area contributed by atoms with E-state index in [0.717, 1.165) is 0 Å². The topological polar surface area (TPSA) is 45.0 Å². The van der Waals surface area contributed by atoms with E-state index in [1.807, 2.05) is 12.1 Å². The molecular formula is C16H14BrFN2O. The van der Waals surface area contributed by atoms with Crippen molar-refractivity contribution in [2.24, 2.45) is 0 Å². The van der Waals surface area contributed by atoms with Crippen molar-refractivity contribution < 1.29 is 9.13 Å². The average molecular weight is 349 g/mol. The summed E-state index contributed by atoms with van der Waals surface area (Å²) in [6.07, 6.45) is 0. The number of nitrogens with one attached hydrogen (secondary N) is 1. The fraction of sp³-hybridized carbons (Fsp3) is 0.188. The van der Waals surface area contributed by atoms with Crippen LogP contribution in [0.3, 0.4) is 0 Å². The van der Waals surface area contributed by atoms with Gasteiger partial charge in [0.2, 0.25) is 0 Å². The summed E-state index contributed by atoms with van der Waals surface area (Å²) in [4.78, 5) is 0. The lowest BCUT2D eigenvalue weighted by Crippen LogP contribution is -2.31. The third-order valence-electron chi connectivity index (χ3n) is 3.19. The minimum Gasteiger partial charge on any atom is -0.495 e. The first-order chi connectivity index (χ1) is 10.00. The number of rotatable bonds is 4. The van der Waals surface area contributed by atoms with Crippen LogP contribution in [0.15, 0.2) is 46.9 Å². The van der Waals surface area contributed by atoms with Crippen molar-refractivity contribution in [2.75, 3.05) is 12.4 Å². The Balaban J connectivity index is 2.45. The van der Waals surface area contributed by atoms with Gasteiger partial charge in [0.05, 0.1) is 18.9 Å². The minimum atomic E-state index is -1.21. The number of benzene rings is 2. The lowest BCUT2D eigenvalue weighted by Gasteiger charge is -2.26. The highest BCUT2D eigenvalue weighted by Gasteiger charge is 2.30. The number of anilines is 1. The number of methoxy groups -OCH3 is 1. The number of hydrogen-bond donors (Lipinski definition) is 1. The zero-order valence-corrected chi connectivity index (χ0v) is 13.2. The highest BCUT2D eigenvalue weighted by molar-refractivity contribution is 9.10. The number of nitriles is 1. The van der Waals surface area contributed by atoms with Gasteiger partial charge < -0.3 is 10.1 Å². The molecule has 0 aliphatic rings. The molecule has 2 aromatic carbocycles. The van der Waals surface area contributed by atoms with Gasteiger partial charge in [0.15, 0.2) is 5.54 Å². The molecule has 5 heteroatoms. The van der Waals surface area contributed by atoms with Crippen LogP contribution in [-0.2, 0) is 5.54 Å². The summed E-state index contributed by atoms with van der Waals surface area (Å²) in [7, 11) is 1.55. The summed E-state index contributed by atoms with van der Waals surface area (Å²) in [5.41, 5.74) is -0.301. The largest absolute Gasteiger partial charge is 0.495 e. The fourth-order valence-corrected chi connectivity index (χ4v) is 2.40. The molecule has 0 amide bonds. The van der Waals surface area contributed by atoms with Gasteiger partial charge in [0.25, 0.3) is 0 Å². The lowest BCUT2D eigenvalue weighted by molar-refractivity contribution is 0.415. The van der Waals surface area contributed by atoms with Gasteiger partial charge in [-0.3, -0.25) is 0 Å². The maximum atomic E-state index is 14.2. The van der Waals surface area contributed by atoms with E-state index in [0.29, 0.717) is 15.9 Å². The lowest BCUT2D eigenvalue weighted by atomic mass is 9.92. The minimum absolute atomic E-state index is 0.277. The number of para-hydroxylation sites is 2. The smallest absolute Gasteiger partial charge is 0.151 e. The zero-order chi connectivity index (χ0) is 15.5. The van der Waals surface area contributed by atoms with E-state index in [1.165, 1.54) is 6.07 Å². The second-order valence-corrected chi connectivity index (χ2v) is 5.60. The van der Waals surface area contributed by atoms with E-state index in [1.54, 1.807) is 38.3 Å². The Morgan fingerprint density at radius 3 is 2.62 bits per heavy atom. The van der Waals surface area contributed by atoms with E-state index < -0.39 is 11.4 Å². The van der Waals surface area contributed by atoms with E-state index in [9.17, 15) is 9.65 Å². The molecule has 0 heterocycles. The van der Waals surface area contributed by atoms with Crippen molar-refractivity contribution in [3.05, 3.63) is 58.3 Å². The third kappa shape index (κ3) is 3.17. The summed E-state index contributed by atoms with van der Waals surface area (Å²) in [6.45, 7) is 1.63. The van der Waals surface area contributed by atoms with Crippen LogP contribution in [0.2, 0.25) is 0 Å². The molecule has 0 spiro atoms. The van der Waals surface area contributed by atoms with Gasteiger partial charge in [-0.25, -0.2) is 4.39 Å². The predicted octanol–water partition coefficient (Wildman–Crippen LogP) is 4.45. The van der Waals surface area contributed by atoms with E-state index in [2.05, 4.69) is 27.3 Å². The molecule has 0 aromatic heterocycles. The Hall–Kier alpha value is -2.06. The summed E-state index contributed by atoms with van der Waals surface area (Å²) in [6, 6.07) is 14.0. The van der Waals surface area contributed by atoms with Gasteiger partial charge in [-0.1, -0.05) is 34.1 Å². The normalized spacial score (nSPS) is 13.1. The van der Waals surface area contributed by atoms with Crippen LogP contribution in [-0.4, -0.2) is 7.11 Å². The number of nitrogens with zero attached hydrogens (tertiary/aromatic N) is 1. The summed E-state index contributed by atoms with van der Waals surface area (Å²) in [5.74, 6) is 0.146. The molecule has 0 saturated heterocycles. The maximum Gasteiger partial charge on any atom is 0.151 e. The molecule has 21 heavy (non-hydrogen) atoms. The molecule has 0 aliphatic heterocycles. The van der Waals surface area contributed by atoms with E-state index >= 15 is 0 Å². The van der Waals surface area contributed by atoms with Crippen molar-refractivity contribution in [1.29, 1.82) is 5.26 Å². The Bertz CT molecular complexity index is 699. The molecule has 0 saturated carbocycles. The van der Waals surface area contributed by atoms with Gasteiger partial charge in [-0.05, 0) is 31.2 Å². The van der Waals surface area contributed by atoms with Gasteiger partial charge >= 0.3 is 0 Å². The Kier molecular flexibility index (Phi) is 4.49. The fourth-order valence-electron chi connectivity index (χ4n) is 2.07. The molecule has 0 fully saturated rings. The SMILES string of the molecule is COc1ccccc1NC(C)(C#N)c1ccc(Br)cc1F. The highest BCUT2D eigenvalue weighted by atomic mass is 79.9.